The molecule has 4 aliphatic rings. The predicted molar refractivity (Wildman–Crippen MR) is 256 cm³/mol. The normalized spacial score (nSPS) is 22.2. The van der Waals surface area contributed by atoms with E-state index in [2.05, 4.69) is 182 Å². The molecule has 1 saturated heterocycles. The second kappa shape index (κ2) is 17.3. The molecule has 2 fully saturated rings. The van der Waals surface area contributed by atoms with Crippen molar-refractivity contribution in [3.63, 3.8) is 0 Å². The summed E-state index contributed by atoms with van der Waals surface area (Å²) in [5, 5.41) is 0. The second-order valence-corrected chi connectivity index (χ2v) is 34.9. The molecule has 1 aliphatic heterocycles. The van der Waals surface area contributed by atoms with Crippen LogP contribution in [-0.2, 0) is 41.9 Å². The molecule has 0 spiro atoms. The van der Waals surface area contributed by atoms with Gasteiger partial charge in [-0.3, -0.25) is 0 Å². The molecule has 3 heteroatoms. The first-order valence-corrected chi connectivity index (χ1v) is 29.4. The number of halogens is 2. The van der Waals surface area contributed by atoms with Gasteiger partial charge < -0.3 is 24.8 Å². The van der Waals surface area contributed by atoms with Crippen LogP contribution in [0.15, 0.2) is 83.9 Å². The number of hydrogen-bond donors (Lipinski definition) is 0. The third-order valence-electron chi connectivity index (χ3n) is 15.3. The van der Waals surface area contributed by atoms with Gasteiger partial charge in [-0.25, -0.2) is 0 Å². The molecule has 8 rings (SSSR count). The van der Waals surface area contributed by atoms with Crippen LogP contribution in [0.4, 0.5) is 0 Å². The smallest absolute Gasteiger partial charge is 1.00 e. The summed E-state index contributed by atoms with van der Waals surface area (Å²) in [6, 6.07) is 30.2. The van der Waals surface area contributed by atoms with Crippen molar-refractivity contribution in [2.24, 2.45) is 0 Å². The zero-order valence-electron chi connectivity index (χ0n) is 40.3. The molecule has 4 atom stereocenters. The average molecular weight is 935 g/mol. The van der Waals surface area contributed by atoms with Gasteiger partial charge in [-0.1, -0.05) is 0 Å². The number of hydrogen-bond acceptors (Lipinski definition) is 0. The topological polar surface area (TPSA) is 0 Å². The van der Waals surface area contributed by atoms with Crippen molar-refractivity contribution < 1.29 is 45.1 Å². The Balaban J connectivity index is 0.00000311. The number of allylic oxidation sites excluding steroid dienone is 2. The van der Waals surface area contributed by atoms with Gasteiger partial charge in [-0.05, 0) is 0 Å². The number of rotatable bonds is 8. The third-order valence-corrected chi connectivity index (χ3v) is 32.3. The monoisotopic (exact) mass is 932 g/mol. The third kappa shape index (κ3) is 8.59. The van der Waals surface area contributed by atoms with Crippen LogP contribution in [0.2, 0.25) is 7.25 Å². The Morgan fingerprint density at radius 3 is 1.10 bits per heavy atom. The van der Waals surface area contributed by atoms with Gasteiger partial charge in [-0.2, -0.15) is 0 Å². The van der Waals surface area contributed by atoms with Gasteiger partial charge >= 0.3 is 368 Å². The van der Waals surface area contributed by atoms with E-state index in [0.29, 0.717) is 7.25 Å². The van der Waals surface area contributed by atoms with Crippen molar-refractivity contribution >= 4 is 12.2 Å². The Bertz CT molecular complexity index is 2100. The van der Waals surface area contributed by atoms with Crippen molar-refractivity contribution in [3.05, 3.63) is 128 Å². The fraction of sp³-hybridized carbons (Fsp3) is 0.517. The number of benzene rings is 4. The van der Waals surface area contributed by atoms with Gasteiger partial charge in [0.2, 0.25) is 0 Å². The summed E-state index contributed by atoms with van der Waals surface area (Å²) in [5.74, 6) is 0. The first-order chi connectivity index (χ1) is 27.7. The molecular weight excluding hydrogens is 859 g/mol. The zero-order valence-corrected chi connectivity index (χ0v) is 44.3. The molecule has 0 amide bonds. The molecule has 4 aromatic rings. The molecule has 61 heavy (non-hydrogen) atoms. The van der Waals surface area contributed by atoms with Crippen molar-refractivity contribution in [3.8, 4) is 22.3 Å². The van der Waals surface area contributed by atoms with Crippen LogP contribution >= 0.6 is 0 Å². The van der Waals surface area contributed by atoms with Gasteiger partial charge in [0, 0.05) is 0 Å². The molecule has 4 aromatic carbocycles. The largest absolute Gasteiger partial charge is 1.00 e. The Kier molecular flexibility index (Phi) is 13.7. The van der Waals surface area contributed by atoms with Gasteiger partial charge in [0.1, 0.15) is 0 Å². The maximum atomic E-state index is 2.77. The van der Waals surface area contributed by atoms with E-state index in [9.17, 15) is 0 Å². The summed E-state index contributed by atoms with van der Waals surface area (Å²) in [6.45, 7) is 33.5. The van der Waals surface area contributed by atoms with Crippen molar-refractivity contribution in [2.45, 2.75) is 184 Å². The molecule has 0 bridgehead atoms. The van der Waals surface area contributed by atoms with Crippen molar-refractivity contribution in [1.82, 2.24) is 0 Å². The molecule has 1 saturated carbocycles. The van der Waals surface area contributed by atoms with Crippen LogP contribution in [0, 0.1) is 0 Å². The minimum absolute atomic E-state index is 0. The molecule has 0 radical (unpaired) electrons. The predicted octanol–water partition coefficient (Wildman–Crippen LogP) is 11.7. The Morgan fingerprint density at radius 1 is 0.475 bits per heavy atom. The van der Waals surface area contributed by atoms with Gasteiger partial charge in [0.05, 0.1) is 0 Å². The summed E-state index contributed by atoms with van der Waals surface area (Å²) in [5.41, 5.74) is 22.1. The van der Waals surface area contributed by atoms with Crippen LogP contribution < -0.4 is 24.8 Å². The zero-order chi connectivity index (χ0) is 42.4. The SMILES string of the molecule is CCCC1=Cc2c(-c3cc(C(C)(C)C)cc(C(C)(C)C)c3)cccc2[CH]1[Zr+2]1([CH]2C(CCC)=Cc3c(-c4cc(C(C)(C)C)cc(C(C)(C)C)c4)cccc32)[CH]2CCCC[CH]21.[Cl-].[Cl-]. The van der Waals surface area contributed by atoms with E-state index in [1.165, 1.54) is 95.9 Å². The summed E-state index contributed by atoms with van der Waals surface area (Å²) in [7, 11) is 0. The molecule has 3 aliphatic carbocycles. The molecule has 0 N–H and O–H groups in total. The fourth-order valence-corrected chi connectivity index (χ4v) is 35.3. The summed E-state index contributed by atoms with van der Waals surface area (Å²) in [4.78, 5) is 0. The maximum absolute atomic E-state index is 3.18. The van der Waals surface area contributed by atoms with Crippen LogP contribution in [0.3, 0.4) is 0 Å². The molecule has 1 heterocycles. The molecule has 0 nitrogen and oxygen atoms in total. The Hall–Kier alpha value is -2.18. The van der Waals surface area contributed by atoms with Crippen LogP contribution in [0.5, 0.6) is 0 Å². The van der Waals surface area contributed by atoms with E-state index in [4.69, 9.17) is 0 Å². The first kappa shape index (κ1) is 48.3. The fourth-order valence-electron chi connectivity index (χ4n) is 12.2. The molecular formula is C58H76Cl2Zr. The number of fused-ring (bicyclic) bond motifs is 3. The minimum atomic E-state index is -3.18. The van der Waals surface area contributed by atoms with E-state index in [-0.39, 0.29) is 46.5 Å². The van der Waals surface area contributed by atoms with Crippen molar-refractivity contribution in [1.29, 1.82) is 0 Å². The van der Waals surface area contributed by atoms with Gasteiger partial charge in [0.15, 0.2) is 0 Å². The summed E-state index contributed by atoms with van der Waals surface area (Å²) in [6.07, 6.45) is 16.3. The summed E-state index contributed by atoms with van der Waals surface area (Å²) < 4.78 is 3.28. The standard InChI is InChI=1S/2C26H33.C6H10.2ClH.Zr/c2*1-8-10-18-13-19-11-9-12-23(24(19)14-18)20-15-21(25(2,3)4)17-22(16-20)26(5,6)7;1-2-4-6-5-3-1;;;/h2*9,11-17H,8,10H2,1-7H3;1-2H,3-6H2;2*1H;/q;;;;;+2/p-2. The molecule has 4 unspecified atom stereocenters. The van der Waals surface area contributed by atoms with E-state index < -0.39 is 20.3 Å². The maximum Gasteiger partial charge on any atom is -1.00 e. The first-order valence-electron chi connectivity index (χ1n) is 23.7. The van der Waals surface area contributed by atoms with Gasteiger partial charge in [-0.15, -0.1) is 0 Å². The average Bonchev–Trinajstić information content (AvgIpc) is 3.43. The Morgan fingerprint density at radius 2 is 0.803 bits per heavy atom. The molecule has 0 aromatic heterocycles. The van der Waals surface area contributed by atoms with Gasteiger partial charge in [0.25, 0.3) is 0 Å². The van der Waals surface area contributed by atoms with E-state index in [0.717, 1.165) is 7.25 Å². The molecule has 326 valence electrons. The summed E-state index contributed by atoms with van der Waals surface area (Å²) >= 11 is -3.18. The van der Waals surface area contributed by atoms with E-state index in [1.54, 1.807) is 33.4 Å². The van der Waals surface area contributed by atoms with Crippen molar-refractivity contribution in [2.75, 3.05) is 0 Å². The van der Waals surface area contributed by atoms with Crippen LogP contribution in [0.1, 0.15) is 200 Å². The minimum Gasteiger partial charge on any atom is -1.00 e. The van der Waals surface area contributed by atoms with Crippen LogP contribution in [0.25, 0.3) is 34.4 Å². The van der Waals surface area contributed by atoms with Crippen LogP contribution in [-0.4, -0.2) is 0 Å². The quantitative estimate of drug-likeness (QED) is 0.165. The Labute approximate surface area is 389 Å². The second-order valence-electron chi connectivity index (χ2n) is 23.5. The van der Waals surface area contributed by atoms with E-state index >= 15 is 0 Å². The van der Waals surface area contributed by atoms with E-state index in [1.807, 2.05) is 0 Å².